The molecule has 9 nitrogen and oxygen atoms in total. The fourth-order valence-electron chi connectivity index (χ4n) is 3.72. The van der Waals surface area contributed by atoms with E-state index in [0.29, 0.717) is 52.0 Å². The fraction of sp³-hybridized carbons (Fsp3) is 0.200. The number of benzene rings is 2. The van der Waals surface area contributed by atoms with E-state index in [-0.39, 0.29) is 23.8 Å². The van der Waals surface area contributed by atoms with Gasteiger partial charge in [0.15, 0.2) is 5.75 Å². The Hall–Kier alpha value is -4.65. The van der Waals surface area contributed by atoms with Crippen molar-refractivity contribution >= 4 is 34.1 Å². The molecule has 204 valence electrons. The van der Waals surface area contributed by atoms with Crippen molar-refractivity contribution < 1.29 is 19.0 Å². The molecule has 0 aliphatic carbocycles. The average molecular weight is 558 g/mol. The van der Waals surface area contributed by atoms with Gasteiger partial charge in [-0.25, -0.2) is 0 Å². The van der Waals surface area contributed by atoms with E-state index < -0.39 is 0 Å². The van der Waals surface area contributed by atoms with E-state index in [1.807, 2.05) is 44.1 Å². The summed E-state index contributed by atoms with van der Waals surface area (Å²) in [6.45, 7) is 3.11. The number of ether oxygens (including phenoxy) is 3. The van der Waals surface area contributed by atoms with Crippen LogP contribution in [0.3, 0.4) is 0 Å². The number of carbonyl (C=O) groups excluding carboxylic acids is 1. The SMILES string of the molecule is CCOc1cc2ncc(C#N)c(Oc3ccc(OCc4ccccn4)c(Cl)c3)c2cc1NC(=O)/C=C/CN(C)C. The fourth-order valence-corrected chi connectivity index (χ4v) is 3.94. The lowest BCUT2D eigenvalue weighted by Crippen LogP contribution is -2.13. The topological polar surface area (TPSA) is 110 Å². The first-order valence-corrected chi connectivity index (χ1v) is 12.9. The molecular weight excluding hydrogens is 530 g/mol. The first-order chi connectivity index (χ1) is 19.4. The van der Waals surface area contributed by atoms with E-state index in [1.165, 1.54) is 12.3 Å². The lowest BCUT2D eigenvalue weighted by atomic mass is 10.1. The van der Waals surface area contributed by atoms with Crippen LogP contribution in [0, 0.1) is 11.3 Å². The minimum atomic E-state index is -0.318. The number of aromatic nitrogens is 2. The number of nitrogens with zero attached hydrogens (tertiary/aromatic N) is 4. The third-order valence-corrected chi connectivity index (χ3v) is 5.86. The summed E-state index contributed by atoms with van der Waals surface area (Å²) in [6.07, 6.45) is 6.34. The van der Waals surface area contributed by atoms with Gasteiger partial charge in [-0.05, 0) is 51.4 Å². The molecule has 0 fully saturated rings. The second-order valence-electron chi connectivity index (χ2n) is 8.87. The first-order valence-electron chi connectivity index (χ1n) is 12.5. The van der Waals surface area contributed by atoms with Crippen molar-refractivity contribution in [1.82, 2.24) is 14.9 Å². The van der Waals surface area contributed by atoms with Crippen LogP contribution in [0.1, 0.15) is 18.2 Å². The highest BCUT2D eigenvalue weighted by molar-refractivity contribution is 6.32. The molecular formula is C30H28ClN5O4. The molecule has 1 amide bonds. The van der Waals surface area contributed by atoms with E-state index in [2.05, 4.69) is 21.4 Å². The van der Waals surface area contributed by atoms with E-state index in [9.17, 15) is 10.1 Å². The molecule has 0 aliphatic heterocycles. The Balaban J connectivity index is 1.64. The van der Waals surface area contributed by atoms with Crippen LogP contribution in [0.2, 0.25) is 5.02 Å². The summed E-state index contributed by atoms with van der Waals surface area (Å²) in [5, 5.41) is 13.5. The molecule has 0 aliphatic rings. The number of amides is 1. The van der Waals surface area contributed by atoms with Crippen LogP contribution in [0.15, 0.2) is 73.1 Å². The van der Waals surface area contributed by atoms with E-state index in [1.54, 1.807) is 42.6 Å². The molecule has 4 rings (SSSR count). The Labute approximate surface area is 237 Å². The number of fused-ring (bicyclic) bond motifs is 1. The van der Waals surface area contributed by atoms with Gasteiger partial charge >= 0.3 is 0 Å². The number of likely N-dealkylation sites (N-methyl/N-ethyl adjacent to an activating group) is 1. The summed E-state index contributed by atoms with van der Waals surface area (Å²) in [6, 6.07) is 16.1. The molecule has 0 radical (unpaired) electrons. The van der Waals surface area contributed by atoms with Crippen LogP contribution < -0.4 is 19.5 Å². The number of nitriles is 1. The highest BCUT2D eigenvalue weighted by Crippen LogP contribution is 2.39. The summed E-state index contributed by atoms with van der Waals surface area (Å²) in [4.78, 5) is 23.2. The van der Waals surface area contributed by atoms with Gasteiger partial charge in [-0.2, -0.15) is 5.26 Å². The van der Waals surface area contributed by atoms with Gasteiger partial charge in [0.1, 0.15) is 35.5 Å². The molecule has 0 saturated carbocycles. The number of carbonyl (C=O) groups is 1. The van der Waals surface area contributed by atoms with Crippen molar-refractivity contribution in [3.63, 3.8) is 0 Å². The number of anilines is 1. The minimum Gasteiger partial charge on any atom is -0.492 e. The third-order valence-electron chi connectivity index (χ3n) is 5.56. The van der Waals surface area contributed by atoms with Crippen LogP contribution in [0.25, 0.3) is 10.9 Å². The van der Waals surface area contributed by atoms with Gasteiger partial charge in [-0.15, -0.1) is 0 Å². The molecule has 0 unspecified atom stereocenters. The largest absolute Gasteiger partial charge is 0.492 e. The molecule has 0 atom stereocenters. The number of nitrogens with one attached hydrogen (secondary N) is 1. The summed E-state index contributed by atoms with van der Waals surface area (Å²) in [5.41, 5.74) is 1.93. The summed E-state index contributed by atoms with van der Waals surface area (Å²) < 4.78 is 17.7. The van der Waals surface area contributed by atoms with Crippen molar-refractivity contribution in [3.8, 4) is 29.1 Å². The van der Waals surface area contributed by atoms with Crippen LogP contribution in [0.4, 0.5) is 5.69 Å². The van der Waals surface area contributed by atoms with Gasteiger partial charge in [0.25, 0.3) is 0 Å². The van der Waals surface area contributed by atoms with Gasteiger partial charge in [0.2, 0.25) is 5.91 Å². The van der Waals surface area contributed by atoms with Crippen molar-refractivity contribution in [1.29, 1.82) is 5.26 Å². The van der Waals surface area contributed by atoms with Crippen LogP contribution in [-0.4, -0.2) is 48.0 Å². The Kier molecular flexibility index (Phi) is 9.52. The first kappa shape index (κ1) is 28.4. The minimum absolute atomic E-state index is 0.214. The molecule has 4 aromatic rings. The van der Waals surface area contributed by atoms with Gasteiger partial charge in [-0.1, -0.05) is 23.7 Å². The van der Waals surface area contributed by atoms with Crippen LogP contribution >= 0.6 is 11.6 Å². The third kappa shape index (κ3) is 7.26. The highest BCUT2D eigenvalue weighted by Gasteiger charge is 2.17. The van der Waals surface area contributed by atoms with Gasteiger partial charge in [0, 0.05) is 42.5 Å². The zero-order chi connectivity index (χ0) is 28.5. The van der Waals surface area contributed by atoms with Crippen molar-refractivity contribution in [2.24, 2.45) is 0 Å². The Morgan fingerprint density at radius 3 is 2.67 bits per heavy atom. The van der Waals surface area contributed by atoms with Gasteiger partial charge in [0.05, 0.1) is 28.5 Å². The lowest BCUT2D eigenvalue weighted by molar-refractivity contribution is -0.111. The van der Waals surface area contributed by atoms with Crippen molar-refractivity contribution in [3.05, 3.63) is 89.4 Å². The summed E-state index contributed by atoms with van der Waals surface area (Å²) in [5.74, 6) is 1.26. The second-order valence-corrected chi connectivity index (χ2v) is 9.28. The summed E-state index contributed by atoms with van der Waals surface area (Å²) >= 11 is 6.48. The molecule has 1 N–H and O–H groups in total. The predicted molar refractivity (Wildman–Crippen MR) is 154 cm³/mol. The average Bonchev–Trinajstić information content (AvgIpc) is 2.94. The Morgan fingerprint density at radius 2 is 1.98 bits per heavy atom. The number of hydrogen-bond donors (Lipinski definition) is 1. The number of hydrogen-bond acceptors (Lipinski definition) is 8. The standard InChI is InChI=1S/C30H28ClN5O4/c1-4-38-28-16-25-23(15-26(28)35-29(37)9-7-13-36(2)3)30(20(17-32)18-34-25)40-22-10-11-27(24(31)14-22)39-19-21-8-5-6-12-33-21/h5-12,14-16,18H,4,13,19H2,1-3H3,(H,35,37)/b9-7+. The van der Waals surface area contributed by atoms with Crippen LogP contribution in [-0.2, 0) is 11.4 Å². The summed E-state index contributed by atoms with van der Waals surface area (Å²) in [7, 11) is 3.83. The van der Waals surface area contributed by atoms with Crippen LogP contribution in [0.5, 0.6) is 23.0 Å². The van der Waals surface area contributed by atoms with Crippen molar-refractivity contribution in [2.75, 3.05) is 32.6 Å². The number of halogens is 1. The quantitative estimate of drug-likeness (QED) is 0.224. The smallest absolute Gasteiger partial charge is 0.248 e. The second kappa shape index (κ2) is 13.4. The maximum absolute atomic E-state index is 12.6. The Bertz CT molecular complexity index is 1570. The molecule has 0 spiro atoms. The Morgan fingerprint density at radius 1 is 1.12 bits per heavy atom. The van der Waals surface area contributed by atoms with Gasteiger partial charge < -0.3 is 24.4 Å². The van der Waals surface area contributed by atoms with E-state index >= 15 is 0 Å². The molecule has 0 saturated heterocycles. The highest BCUT2D eigenvalue weighted by atomic mass is 35.5. The molecule has 40 heavy (non-hydrogen) atoms. The monoisotopic (exact) mass is 557 g/mol. The maximum Gasteiger partial charge on any atom is 0.248 e. The van der Waals surface area contributed by atoms with E-state index in [0.717, 1.165) is 5.69 Å². The predicted octanol–water partition coefficient (Wildman–Crippen LogP) is 5.98. The van der Waals surface area contributed by atoms with Gasteiger partial charge in [-0.3, -0.25) is 14.8 Å². The normalized spacial score (nSPS) is 11.0. The zero-order valence-corrected chi connectivity index (χ0v) is 23.1. The van der Waals surface area contributed by atoms with Crippen molar-refractivity contribution in [2.45, 2.75) is 13.5 Å². The number of pyridine rings is 2. The molecule has 2 aromatic heterocycles. The lowest BCUT2D eigenvalue weighted by Gasteiger charge is -2.16. The van der Waals surface area contributed by atoms with E-state index in [4.69, 9.17) is 25.8 Å². The number of rotatable bonds is 11. The maximum atomic E-state index is 12.6. The molecule has 2 aromatic carbocycles. The molecule has 10 heteroatoms. The molecule has 2 heterocycles. The molecule has 0 bridgehead atoms. The zero-order valence-electron chi connectivity index (χ0n) is 22.3.